The number of aromatic nitrogens is 6. The van der Waals surface area contributed by atoms with Gasteiger partial charge in [-0.1, -0.05) is 33.6 Å². The van der Waals surface area contributed by atoms with Crippen LogP contribution < -0.4 is 0 Å². The first-order valence-electron chi connectivity index (χ1n) is 4.99. The second-order valence-corrected chi connectivity index (χ2v) is 4.75. The number of halogens is 2. The minimum Gasteiger partial charge on any atom is -0.221 e. The van der Waals surface area contributed by atoms with Crippen molar-refractivity contribution >= 4 is 27.5 Å². The van der Waals surface area contributed by atoms with E-state index in [9.17, 15) is 0 Å². The van der Waals surface area contributed by atoms with Gasteiger partial charge < -0.3 is 0 Å². The molecule has 1 aromatic carbocycles. The Morgan fingerprint density at radius 1 is 1.33 bits per heavy atom. The minimum atomic E-state index is 0.418. The van der Waals surface area contributed by atoms with Crippen molar-refractivity contribution in [1.82, 2.24) is 30.4 Å². The highest BCUT2D eigenvalue weighted by Crippen LogP contribution is 2.27. The SMILES string of the molecule is Clc1c(-c2nn[nH]n2)cnn1-c1cccc(Br)c1. The highest BCUT2D eigenvalue weighted by atomic mass is 79.9. The van der Waals surface area contributed by atoms with Crippen LogP contribution in [0.15, 0.2) is 34.9 Å². The van der Waals surface area contributed by atoms with E-state index < -0.39 is 0 Å². The molecule has 8 heteroatoms. The fraction of sp³-hybridized carbons (Fsp3) is 0. The highest BCUT2D eigenvalue weighted by Gasteiger charge is 2.15. The van der Waals surface area contributed by atoms with Crippen LogP contribution in [0.1, 0.15) is 0 Å². The normalized spacial score (nSPS) is 10.8. The molecule has 3 rings (SSSR count). The fourth-order valence-corrected chi connectivity index (χ4v) is 2.21. The monoisotopic (exact) mass is 324 g/mol. The Balaban J connectivity index is 2.10. The number of nitrogens with zero attached hydrogens (tertiary/aromatic N) is 5. The van der Waals surface area contributed by atoms with Crippen LogP contribution in [0.3, 0.4) is 0 Å². The first-order valence-corrected chi connectivity index (χ1v) is 6.16. The molecule has 0 aliphatic heterocycles. The summed E-state index contributed by atoms with van der Waals surface area (Å²) in [5.74, 6) is 0.418. The van der Waals surface area contributed by atoms with E-state index >= 15 is 0 Å². The van der Waals surface area contributed by atoms with Crippen molar-refractivity contribution in [3.05, 3.63) is 40.1 Å². The molecule has 6 nitrogen and oxygen atoms in total. The van der Waals surface area contributed by atoms with E-state index in [2.05, 4.69) is 41.7 Å². The number of H-pyrrole nitrogens is 1. The molecule has 1 N–H and O–H groups in total. The van der Waals surface area contributed by atoms with Crippen LogP contribution in [0.2, 0.25) is 5.15 Å². The van der Waals surface area contributed by atoms with Gasteiger partial charge in [-0.2, -0.15) is 10.3 Å². The number of rotatable bonds is 2. The molecule has 0 saturated heterocycles. The summed E-state index contributed by atoms with van der Waals surface area (Å²) in [6.07, 6.45) is 1.61. The van der Waals surface area contributed by atoms with Gasteiger partial charge in [0.25, 0.3) is 0 Å². The van der Waals surface area contributed by atoms with E-state index in [1.807, 2.05) is 24.3 Å². The number of hydrogen-bond acceptors (Lipinski definition) is 4. The first kappa shape index (κ1) is 11.4. The lowest BCUT2D eigenvalue weighted by atomic mass is 10.3. The van der Waals surface area contributed by atoms with Crippen LogP contribution in [0.4, 0.5) is 0 Å². The van der Waals surface area contributed by atoms with E-state index in [0.29, 0.717) is 16.5 Å². The lowest BCUT2D eigenvalue weighted by Gasteiger charge is -2.03. The van der Waals surface area contributed by atoms with Crippen molar-refractivity contribution in [3.8, 4) is 17.1 Å². The fourth-order valence-electron chi connectivity index (χ4n) is 1.55. The molecule has 0 unspecified atom stereocenters. The van der Waals surface area contributed by atoms with Crippen LogP contribution in [-0.2, 0) is 0 Å². The molecule has 0 amide bonds. The zero-order valence-electron chi connectivity index (χ0n) is 8.88. The summed E-state index contributed by atoms with van der Waals surface area (Å²) in [4.78, 5) is 0. The van der Waals surface area contributed by atoms with Crippen molar-refractivity contribution in [2.24, 2.45) is 0 Å². The largest absolute Gasteiger partial charge is 0.221 e. The van der Waals surface area contributed by atoms with Crippen LogP contribution in [0, 0.1) is 0 Å². The van der Waals surface area contributed by atoms with Gasteiger partial charge in [0.15, 0.2) is 0 Å². The van der Waals surface area contributed by atoms with Gasteiger partial charge in [0.05, 0.1) is 17.4 Å². The maximum Gasteiger partial charge on any atom is 0.209 e. The van der Waals surface area contributed by atoms with Gasteiger partial charge in [0.2, 0.25) is 5.82 Å². The Morgan fingerprint density at radius 3 is 2.94 bits per heavy atom. The van der Waals surface area contributed by atoms with Gasteiger partial charge in [0.1, 0.15) is 5.15 Å². The van der Waals surface area contributed by atoms with Crippen LogP contribution in [0.25, 0.3) is 17.1 Å². The Hall–Kier alpha value is -1.73. The molecule has 0 aliphatic carbocycles. The molecular weight excluding hydrogens is 320 g/mol. The Bertz CT molecular complexity index is 678. The average molecular weight is 326 g/mol. The molecule has 0 saturated carbocycles. The van der Waals surface area contributed by atoms with Crippen LogP contribution >= 0.6 is 27.5 Å². The molecule has 0 radical (unpaired) electrons. The highest BCUT2D eigenvalue weighted by molar-refractivity contribution is 9.10. The molecule has 90 valence electrons. The van der Waals surface area contributed by atoms with Gasteiger partial charge in [-0.3, -0.25) is 0 Å². The average Bonchev–Trinajstić information content (AvgIpc) is 2.97. The molecule has 0 bridgehead atoms. The Kier molecular flexibility index (Phi) is 2.85. The zero-order valence-corrected chi connectivity index (χ0v) is 11.2. The molecule has 2 heterocycles. The third kappa shape index (κ3) is 1.91. The molecule has 0 fully saturated rings. The second-order valence-electron chi connectivity index (χ2n) is 3.48. The molecular formula is C10H6BrClN6. The topological polar surface area (TPSA) is 72.3 Å². The summed E-state index contributed by atoms with van der Waals surface area (Å²) in [5.41, 5.74) is 1.48. The molecule has 18 heavy (non-hydrogen) atoms. The van der Waals surface area contributed by atoms with Crippen molar-refractivity contribution in [1.29, 1.82) is 0 Å². The number of hydrogen-bond donors (Lipinski definition) is 1. The van der Waals surface area contributed by atoms with E-state index in [0.717, 1.165) is 10.2 Å². The molecule has 2 aromatic heterocycles. The molecule has 3 aromatic rings. The zero-order chi connectivity index (χ0) is 12.5. The standard InChI is InChI=1S/C10H6BrClN6/c11-6-2-1-3-7(4-6)18-9(12)8(5-13-18)10-14-16-17-15-10/h1-5H,(H,14,15,16,17). The van der Waals surface area contributed by atoms with Crippen molar-refractivity contribution in [3.63, 3.8) is 0 Å². The van der Waals surface area contributed by atoms with E-state index in [-0.39, 0.29) is 0 Å². The maximum absolute atomic E-state index is 6.27. The first-order chi connectivity index (χ1) is 8.75. The third-order valence-corrected chi connectivity index (χ3v) is 3.21. The molecule has 0 atom stereocenters. The molecule has 0 spiro atoms. The lowest BCUT2D eigenvalue weighted by molar-refractivity contribution is 0.880. The smallest absolute Gasteiger partial charge is 0.209 e. The van der Waals surface area contributed by atoms with Crippen molar-refractivity contribution < 1.29 is 0 Å². The van der Waals surface area contributed by atoms with Gasteiger partial charge in [-0.05, 0) is 23.4 Å². The summed E-state index contributed by atoms with van der Waals surface area (Å²) in [7, 11) is 0. The van der Waals surface area contributed by atoms with Crippen molar-refractivity contribution in [2.75, 3.05) is 0 Å². The van der Waals surface area contributed by atoms with Gasteiger partial charge in [-0.15, -0.1) is 10.2 Å². The van der Waals surface area contributed by atoms with E-state index in [4.69, 9.17) is 11.6 Å². The number of nitrogens with one attached hydrogen (secondary N) is 1. The van der Waals surface area contributed by atoms with Gasteiger partial charge >= 0.3 is 0 Å². The van der Waals surface area contributed by atoms with Gasteiger partial charge in [-0.25, -0.2) is 4.68 Å². The third-order valence-electron chi connectivity index (χ3n) is 2.35. The number of benzene rings is 1. The van der Waals surface area contributed by atoms with Crippen LogP contribution in [0.5, 0.6) is 0 Å². The van der Waals surface area contributed by atoms with Crippen LogP contribution in [-0.4, -0.2) is 30.4 Å². The molecule has 0 aliphatic rings. The predicted octanol–water partition coefficient (Wildman–Crippen LogP) is 2.47. The number of tetrazole rings is 1. The van der Waals surface area contributed by atoms with Gasteiger partial charge in [0, 0.05) is 4.47 Å². The summed E-state index contributed by atoms with van der Waals surface area (Å²) < 4.78 is 2.56. The van der Waals surface area contributed by atoms with E-state index in [1.165, 1.54) is 0 Å². The summed E-state index contributed by atoms with van der Waals surface area (Å²) in [5, 5.41) is 18.3. The summed E-state index contributed by atoms with van der Waals surface area (Å²) in [6, 6.07) is 7.66. The maximum atomic E-state index is 6.27. The van der Waals surface area contributed by atoms with E-state index in [1.54, 1.807) is 10.9 Å². The van der Waals surface area contributed by atoms with Crippen molar-refractivity contribution in [2.45, 2.75) is 0 Å². The summed E-state index contributed by atoms with van der Waals surface area (Å²) in [6.45, 7) is 0. The quantitative estimate of drug-likeness (QED) is 0.785. The minimum absolute atomic E-state index is 0.418. The second kappa shape index (κ2) is 4.51. The predicted molar refractivity (Wildman–Crippen MR) is 69.4 cm³/mol. The summed E-state index contributed by atoms with van der Waals surface area (Å²) >= 11 is 9.67. The number of aromatic amines is 1. The lowest BCUT2D eigenvalue weighted by Crippen LogP contribution is -1.95. The Morgan fingerprint density at radius 2 is 2.22 bits per heavy atom. The Labute approximate surface area is 115 Å².